The number of hydrogen-bond acceptors (Lipinski definition) is 4. The highest BCUT2D eigenvalue weighted by Crippen LogP contribution is 2.22. The Balaban J connectivity index is 1.36. The Morgan fingerprint density at radius 1 is 1.00 bits per heavy atom. The average Bonchev–Trinajstić information content (AvgIpc) is 2.74. The summed E-state index contributed by atoms with van der Waals surface area (Å²) in [7, 11) is 0. The van der Waals surface area contributed by atoms with Crippen LogP contribution in [0.5, 0.6) is 5.75 Å². The summed E-state index contributed by atoms with van der Waals surface area (Å²) in [5.41, 5.74) is 1.10. The highest BCUT2D eigenvalue weighted by atomic mass is 16.5. The molecule has 1 atom stereocenters. The van der Waals surface area contributed by atoms with Crippen LogP contribution in [-0.2, 0) is 4.79 Å². The SMILES string of the molecule is CC(Oc1ccc2ccccc2c1)C(=O)N1CCN(c2cccnc2)CC1. The van der Waals surface area contributed by atoms with Gasteiger partial charge in [-0.05, 0) is 42.0 Å². The third kappa shape index (κ3) is 3.87. The van der Waals surface area contributed by atoms with Gasteiger partial charge >= 0.3 is 0 Å². The Bertz CT molecular complexity index is 921. The van der Waals surface area contributed by atoms with Crippen molar-refractivity contribution in [1.29, 1.82) is 0 Å². The number of anilines is 1. The van der Waals surface area contributed by atoms with Crippen molar-refractivity contribution < 1.29 is 9.53 Å². The van der Waals surface area contributed by atoms with Crippen LogP contribution in [-0.4, -0.2) is 48.1 Å². The molecule has 138 valence electrons. The molecule has 0 bridgehead atoms. The van der Waals surface area contributed by atoms with Crippen molar-refractivity contribution in [2.75, 3.05) is 31.1 Å². The van der Waals surface area contributed by atoms with Crippen LogP contribution in [0.2, 0.25) is 0 Å². The summed E-state index contributed by atoms with van der Waals surface area (Å²) in [6, 6.07) is 18.0. The number of ether oxygens (including phenoxy) is 1. The second kappa shape index (κ2) is 7.66. The molecule has 5 nitrogen and oxygen atoms in total. The predicted molar refractivity (Wildman–Crippen MR) is 107 cm³/mol. The Morgan fingerprint density at radius 2 is 1.78 bits per heavy atom. The molecule has 27 heavy (non-hydrogen) atoms. The molecule has 0 N–H and O–H groups in total. The topological polar surface area (TPSA) is 45.7 Å². The fourth-order valence-electron chi connectivity index (χ4n) is 3.48. The number of pyridine rings is 1. The van der Waals surface area contributed by atoms with Gasteiger partial charge in [0, 0.05) is 32.4 Å². The van der Waals surface area contributed by atoms with Crippen molar-refractivity contribution in [3.8, 4) is 5.75 Å². The number of hydrogen-bond donors (Lipinski definition) is 0. The van der Waals surface area contributed by atoms with Gasteiger partial charge in [0.15, 0.2) is 6.10 Å². The number of aromatic nitrogens is 1. The van der Waals surface area contributed by atoms with Gasteiger partial charge in [-0.25, -0.2) is 0 Å². The molecule has 0 radical (unpaired) electrons. The highest BCUT2D eigenvalue weighted by Gasteiger charge is 2.26. The maximum Gasteiger partial charge on any atom is 0.263 e. The lowest BCUT2D eigenvalue weighted by Crippen LogP contribution is -2.52. The first-order valence-corrected chi connectivity index (χ1v) is 9.30. The summed E-state index contributed by atoms with van der Waals surface area (Å²) in [5.74, 6) is 0.762. The molecule has 5 heteroatoms. The van der Waals surface area contributed by atoms with Crippen LogP contribution in [0.1, 0.15) is 6.92 Å². The molecular formula is C22H23N3O2. The van der Waals surface area contributed by atoms with Gasteiger partial charge in [-0.15, -0.1) is 0 Å². The van der Waals surface area contributed by atoms with Crippen LogP contribution < -0.4 is 9.64 Å². The van der Waals surface area contributed by atoms with Crippen molar-refractivity contribution in [2.24, 2.45) is 0 Å². The Labute approximate surface area is 159 Å². The van der Waals surface area contributed by atoms with Gasteiger partial charge in [0.1, 0.15) is 5.75 Å². The maximum atomic E-state index is 12.8. The lowest BCUT2D eigenvalue weighted by Gasteiger charge is -2.36. The first kappa shape index (κ1) is 17.3. The van der Waals surface area contributed by atoms with Crippen LogP contribution >= 0.6 is 0 Å². The first-order chi connectivity index (χ1) is 13.2. The van der Waals surface area contributed by atoms with Gasteiger partial charge < -0.3 is 14.5 Å². The number of fused-ring (bicyclic) bond motifs is 1. The molecule has 0 aliphatic carbocycles. The number of nitrogens with zero attached hydrogens (tertiary/aromatic N) is 3. The second-order valence-corrected chi connectivity index (χ2v) is 6.79. The van der Waals surface area contributed by atoms with E-state index >= 15 is 0 Å². The largest absolute Gasteiger partial charge is 0.481 e. The van der Waals surface area contributed by atoms with Crippen molar-refractivity contribution in [3.05, 3.63) is 67.0 Å². The molecule has 0 saturated carbocycles. The zero-order valence-corrected chi connectivity index (χ0v) is 15.4. The molecule has 1 aliphatic rings. The van der Waals surface area contributed by atoms with Gasteiger partial charge in [0.2, 0.25) is 0 Å². The molecule has 1 unspecified atom stereocenters. The van der Waals surface area contributed by atoms with E-state index in [2.05, 4.69) is 22.0 Å². The fraction of sp³-hybridized carbons (Fsp3) is 0.273. The predicted octanol–water partition coefficient (Wildman–Crippen LogP) is 3.35. The number of carbonyl (C=O) groups is 1. The minimum absolute atomic E-state index is 0.0361. The van der Waals surface area contributed by atoms with Gasteiger partial charge in [-0.3, -0.25) is 9.78 Å². The summed E-state index contributed by atoms with van der Waals surface area (Å²) in [6.45, 7) is 4.82. The van der Waals surface area contributed by atoms with Crippen molar-refractivity contribution in [1.82, 2.24) is 9.88 Å². The van der Waals surface area contributed by atoms with Gasteiger partial charge in [-0.1, -0.05) is 30.3 Å². The summed E-state index contributed by atoms with van der Waals surface area (Å²) < 4.78 is 5.93. The third-order valence-corrected chi connectivity index (χ3v) is 4.98. The minimum Gasteiger partial charge on any atom is -0.481 e. The zero-order chi connectivity index (χ0) is 18.6. The number of rotatable bonds is 4. The number of piperazine rings is 1. The molecule has 1 saturated heterocycles. The van der Waals surface area contributed by atoms with Crippen LogP contribution in [0.4, 0.5) is 5.69 Å². The number of amides is 1. The van der Waals surface area contributed by atoms with Crippen molar-refractivity contribution >= 4 is 22.4 Å². The Kier molecular flexibility index (Phi) is 4.92. The smallest absolute Gasteiger partial charge is 0.263 e. The van der Waals surface area contributed by atoms with E-state index in [1.54, 1.807) is 6.20 Å². The number of benzene rings is 2. The van der Waals surface area contributed by atoms with Gasteiger partial charge in [0.25, 0.3) is 5.91 Å². The van der Waals surface area contributed by atoms with Gasteiger partial charge in [-0.2, -0.15) is 0 Å². The van der Waals surface area contributed by atoms with E-state index in [0.29, 0.717) is 13.1 Å². The molecule has 3 aromatic rings. The van der Waals surface area contributed by atoms with Crippen molar-refractivity contribution in [3.63, 3.8) is 0 Å². The summed E-state index contributed by atoms with van der Waals surface area (Å²) in [5, 5.41) is 2.27. The summed E-state index contributed by atoms with van der Waals surface area (Å²) >= 11 is 0. The highest BCUT2D eigenvalue weighted by molar-refractivity contribution is 5.84. The summed E-state index contributed by atoms with van der Waals surface area (Å²) in [6.07, 6.45) is 3.13. The quantitative estimate of drug-likeness (QED) is 0.715. The monoisotopic (exact) mass is 361 g/mol. The van der Waals surface area contributed by atoms with Crippen LogP contribution in [0.3, 0.4) is 0 Å². The van der Waals surface area contributed by atoms with E-state index in [1.165, 1.54) is 0 Å². The molecule has 2 aromatic carbocycles. The van der Waals surface area contributed by atoms with Gasteiger partial charge in [0.05, 0.1) is 11.9 Å². The van der Waals surface area contributed by atoms with E-state index in [1.807, 2.05) is 60.5 Å². The molecule has 1 aliphatic heterocycles. The van der Waals surface area contributed by atoms with E-state index in [4.69, 9.17) is 4.74 Å². The Morgan fingerprint density at radius 3 is 2.52 bits per heavy atom. The first-order valence-electron chi connectivity index (χ1n) is 9.30. The fourth-order valence-corrected chi connectivity index (χ4v) is 3.48. The maximum absolute atomic E-state index is 12.8. The Hall–Kier alpha value is -3.08. The molecule has 2 heterocycles. The molecule has 1 amide bonds. The molecule has 4 rings (SSSR count). The molecule has 1 fully saturated rings. The van der Waals surface area contributed by atoms with Crippen LogP contribution in [0, 0.1) is 0 Å². The van der Waals surface area contributed by atoms with Crippen LogP contribution in [0.15, 0.2) is 67.0 Å². The third-order valence-electron chi connectivity index (χ3n) is 4.98. The van der Waals surface area contributed by atoms with E-state index in [9.17, 15) is 4.79 Å². The molecular weight excluding hydrogens is 338 g/mol. The van der Waals surface area contributed by atoms with E-state index < -0.39 is 6.10 Å². The normalized spacial score (nSPS) is 15.6. The standard InChI is InChI=1S/C22H23N3O2/c1-17(27-21-9-8-18-5-2-3-6-19(18)15-21)22(26)25-13-11-24(12-14-25)20-7-4-10-23-16-20/h2-10,15-17H,11-14H2,1H3. The zero-order valence-electron chi connectivity index (χ0n) is 15.4. The molecule has 1 aromatic heterocycles. The second-order valence-electron chi connectivity index (χ2n) is 6.79. The summed E-state index contributed by atoms with van der Waals surface area (Å²) in [4.78, 5) is 21.1. The minimum atomic E-state index is -0.504. The van der Waals surface area contributed by atoms with Crippen molar-refractivity contribution in [2.45, 2.75) is 13.0 Å². The lowest BCUT2D eigenvalue weighted by molar-refractivity contribution is -0.138. The average molecular weight is 361 g/mol. The lowest BCUT2D eigenvalue weighted by atomic mass is 10.1. The molecule has 0 spiro atoms. The number of carbonyl (C=O) groups excluding carboxylic acids is 1. The van der Waals surface area contributed by atoms with E-state index in [0.717, 1.165) is 35.3 Å². The van der Waals surface area contributed by atoms with E-state index in [-0.39, 0.29) is 5.91 Å². The van der Waals surface area contributed by atoms with Crippen LogP contribution in [0.25, 0.3) is 10.8 Å².